The molecule has 3 nitrogen and oxygen atoms in total. The van der Waals surface area contributed by atoms with Crippen LogP contribution < -0.4 is 5.32 Å². The van der Waals surface area contributed by atoms with Crippen LogP contribution in [0.15, 0.2) is 4.99 Å². The minimum absolute atomic E-state index is 0.0812. The second kappa shape index (κ2) is 5.04. The molecular formula is C8H15N3S. The molecule has 1 N–H and O–H groups in total. The fraction of sp³-hybridized carbons (Fsp3) is 0.750. The molecule has 0 bridgehead atoms. The number of aliphatic imine (C=N–C) groups is 1. The largest absolute Gasteiger partial charge is 0.272 e. The Labute approximate surface area is 78.3 Å². The fourth-order valence-electron chi connectivity index (χ4n) is 0.526. The van der Waals surface area contributed by atoms with Crippen molar-refractivity contribution < 1.29 is 0 Å². The van der Waals surface area contributed by atoms with Crippen molar-refractivity contribution in [2.45, 2.75) is 32.7 Å². The molecule has 0 spiro atoms. The van der Waals surface area contributed by atoms with Gasteiger partial charge < -0.3 is 0 Å². The number of nitriles is 1. The fourth-order valence-corrected chi connectivity index (χ4v) is 1.01. The zero-order valence-corrected chi connectivity index (χ0v) is 8.83. The van der Waals surface area contributed by atoms with Crippen molar-refractivity contribution in [3.63, 3.8) is 0 Å². The van der Waals surface area contributed by atoms with E-state index in [0.29, 0.717) is 5.17 Å². The first-order chi connectivity index (χ1) is 5.55. The average Bonchev–Trinajstić information content (AvgIpc) is 2.03. The molecular weight excluding hydrogens is 170 g/mol. The minimum Gasteiger partial charge on any atom is -0.272 e. The van der Waals surface area contributed by atoms with Crippen molar-refractivity contribution in [3.05, 3.63) is 0 Å². The maximum atomic E-state index is 8.38. The quantitative estimate of drug-likeness (QED) is 0.310. The molecule has 0 aromatic carbocycles. The van der Waals surface area contributed by atoms with Crippen molar-refractivity contribution in [1.82, 2.24) is 5.32 Å². The molecule has 4 heteroatoms. The van der Waals surface area contributed by atoms with Crippen LogP contribution in [-0.2, 0) is 0 Å². The molecule has 0 atom stereocenters. The molecule has 0 amide bonds. The van der Waals surface area contributed by atoms with Gasteiger partial charge in [-0.2, -0.15) is 5.26 Å². The molecule has 0 rings (SSSR count). The second-order valence-corrected chi connectivity index (χ2v) is 3.82. The van der Waals surface area contributed by atoms with Gasteiger partial charge >= 0.3 is 0 Å². The molecule has 0 aliphatic carbocycles. The van der Waals surface area contributed by atoms with Crippen LogP contribution in [0.3, 0.4) is 0 Å². The first-order valence-electron chi connectivity index (χ1n) is 3.84. The van der Waals surface area contributed by atoms with Crippen LogP contribution in [0.1, 0.15) is 27.2 Å². The van der Waals surface area contributed by atoms with E-state index in [1.54, 1.807) is 0 Å². The van der Waals surface area contributed by atoms with E-state index in [9.17, 15) is 0 Å². The van der Waals surface area contributed by atoms with E-state index in [-0.39, 0.29) is 5.54 Å². The Morgan fingerprint density at radius 1 is 1.67 bits per heavy atom. The molecule has 12 heavy (non-hydrogen) atoms. The summed E-state index contributed by atoms with van der Waals surface area (Å²) in [6.45, 7) is 6.17. The van der Waals surface area contributed by atoms with Gasteiger partial charge in [-0.15, -0.1) is 0 Å². The molecule has 0 radical (unpaired) electrons. The molecule has 0 unspecified atom stereocenters. The van der Waals surface area contributed by atoms with E-state index < -0.39 is 0 Å². The Morgan fingerprint density at radius 2 is 2.25 bits per heavy atom. The summed E-state index contributed by atoms with van der Waals surface area (Å²) in [6.07, 6.45) is 4.72. The number of nitrogens with one attached hydrogen (secondary N) is 1. The van der Waals surface area contributed by atoms with Crippen LogP contribution in [0, 0.1) is 11.5 Å². The summed E-state index contributed by atoms with van der Waals surface area (Å²) < 4.78 is 0. The molecule has 0 saturated heterocycles. The van der Waals surface area contributed by atoms with E-state index in [1.807, 2.05) is 26.3 Å². The summed E-state index contributed by atoms with van der Waals surface area (Å²) in [4.78, 5) is 4.38. The number of rotatable bonds is 2. The number of nitrogens with zero attached hydrogens (tertiary/aromatic N) is 2. The highest BCUT2D eigenvalue weighted by atomic mass is 32.2. The third-order valence-electron chi connectivity index (χ3n) is 1.63. The van der Waals surface area contributed by atoms with Gasteiger partial charge in [0.25, 0.3) is 0 Å². The highest BCUT2D eigenvalue weighted by Crippen LogP contribution is 2.15. The van der Waals surface area contributed by atoms with Gasteiger partial charge in [0.05, 0.1) is 5.54 Å². The Balaban J connectivity index is 4.38. The van der Waals surface area contributed by atoms with Gasteiger partial charge in [0.15, 0.2) is 11.4 Å². The predicted molar refractivity (Wildman–Crippen MR) is 54.1 cm³/mol. The lowest BCUT2D eigenvalue weighted by Crippen LogP contribution is -2.22. The van der Waals surface area contributed by atoms with Gasteiger partial charge in [-0.25, -0.2) is 0 Å². The summed E-state index contributed by atoms with van der Waals surface area (Å²) in [5.41, 5.74) is -0.0812. The van der Waals surface area contributed by atoms with Gasteiger partial charge in [0.2, 0.25) is 0 Å². The topological polar surface area (TPSA) is 48.2 Å². The van der Waals surface area contributed by atoms with Crippen LogP contribution in [0.4, 0.5) is 0 Å². The van der Waals surface area contributed by atoms with Crippen molar-refractivity contribution in [2.24, 2.45) is 4.99 Å². The third kappa shape index (κ3) is 4.24. The first-order valence-corrected chi connectivity index (χ1v) is 5.07. The average molecular weight is 185 g/mol. The van der Waals surface area contributed by atoms with Crippen molar-refractivity contribution in [2.75, 3.05) is 6.26 Å². The van der Waals surface area contributed by atoms with Gasteiger partial charge in [-0.1, -0.05) is 18.7 Å². The van der Waals surface area contributed by atoms with Crippen molar-refractivity contribution in [1.29, 1.82) is 5.26 Å². The molecule has 0 fully saturated rings. The molecule has 0 saturated carbocycles. The van der Waals surface area contributed by atoms with E-state index in [1.165, 1.54) is 11.8 Å². The van der Waals surface area contributed by atoms with Crippen LogP contribution in [-0.4, -0.2) is 17.0 Å². The standard InChI is InChI=1S/C8H15N3S/c1-5-8(2,3)11-7(12-4)10-6-9/h5H2,1-4H3,(H,10,11). The van der Waals surface area contributed by atoms with Gasteiger partial charge in [-0.3, -0.25) is 10.3 Å². The van der Waals surface area contributed by atoms with E-state index >= 15 is 0 Å². The van der Waals surface area contributed by atoms with Crippen molar-refractivity contribution in [3.8, 4) is 6.19 Å². The monoisotopic (exact) mass is 185 g/mol. The number of hydrogen-bond acceptors (Lipinski definition) is 3. The lowest BCUT2D eigenvalue weighted by molar-refractivity contribution is 0.505. The Hall–Kier alpha value is -0.690. The summed E-state index contributed by atoms with van der Waals surface area (Å²) in [5, 5.41) is 11.6. The number of thioether (sulfide) groups is 1. The molecule has 0 aliphatic heterocycles. The zero-order chi connectivity index (χ0) is 9.61. The van der Waals surface area contributed by atoms with Crippen LogP contribution in [0.2, 0.25) is 0 Å². The lowest BCUT2D eigenvalue weighted by atomic mass is 10.0. The maximum absolute atomic E-state index is 8.38. The minimum atomic E-state index is -0.0812. The number of amidine groups is 1. The van der Waals surface area contributed by atoms with E-state index in [4.69, 9.17) is 5.26 Å². The lowest BCUT2D eigenvalue weighted by Gasteiger charge is -2.17. The zero-order valence-electron chi connectivity index (χ0n) is 8.01. The van der Waals surface area contributed by atoms with Gasteiger partial charge in [0, 0.05) is 0 Å². The normalized spacial score (nSPS) is 12.4. The first kappa shape index (κ1) is 11.3. The number of hydrogen-bond donors (Lipinski definition) is 1. The maximum Gasteiger partial charge on any atom is 0.183 e. The second-order valence-electron chi connectivity index (χ2n) is 3.02. The highest BCUT2D eigenvalue weighted by Gasteiger charge is 2.13. The smallest absolute Gasteiger partial charge is 0.183 e. The Morgan fingerprint density at radius 3 is 2.58 bits per heavy atom. The summed E-state index contributed by atoms with van der Waals surface area (Å²) >= 11 is 1.45. The molecule has 0 heterocycles. The van der Waals surface area contributed by atoms with Crippen LogP contribution >= 0.6 is 11.8 Å². The summed E-state index contributed by atoms with van der Waals surface area (Å²) in [5.74, 6) is 0. The summed E-state index contributed by atoms with van der Waals surface area (Å²) in [7, 11) is 0. The van der Waals surface area contributed by atoms with Gasteiger partial charge in [0.1, 0.15) is 0 Å². The Bertz CT molecular complexity index is 203. The molecule has 0 aliphatic rings. The highest BCUT2D eigenvalue weighted by molar-refractivity contribution is 8.13. The Kier molecular flexibility index (Phi) is 4.75. The SMILES string of the molecule is CCC(C)(C)N=C(NC#N)SC. The van der Waals surface area contributed by atoms with Crippen LogP contribution in [0.25, 0.3) is 0 Å². The molecule has 0 aromatic rings. The van der Waals surface area contributed by atoms with E-state index in [2.05, 4.69) is 17.2 Å². The van der Waals surface area contributed by atoms with Gasteiger partial charge in [-0.05, 0) is 26.5 Å². The molecule has 68 valence electrons. The predicted octanol–water partition coefficient (Wildman–Crippen LogP) is 1.96. The summed E-state index contributed by atoms with van der Waals surface area (Å²) in [6, 6.07) is 0. The van der Waals surface area contributed by atoms with E-state index in [0.717, 1.165) is 6.42 Å². The van der Waals surface area contributed by atoms with Crippen LogP contribution in [0.5, 0.6) is 0 Å². The molecule has 0 aromatic heterocycles. The van der Waals surface area contributed by atoms with Crippen molar-refractivity contribution >= 4 is 16.9 Å². The third-order valence-corrected chi connectivity index (χ3v) is 2.21.